The molecule has 1 saturated carbocycles. The number of nitrogens with zero attached hydrogens (tertiary/aromatic N) is 2. The maximum absolute atomic E-state index is 12.1. The van der Waals surface area contributed by atoms with Gasteiger partial charge in [0.05, 0.1) is 23.5 Å². The van der Waals surface area contributed by atoms with Gasteiger partial charge in [0.15, 0.2) is 0 Å². The molecule has 1 heterocycles. The van der Waals surface area contributed by atoms with Gasteiger partial charge in [0.1, 0.15) is 0 Å². The van der Waals surface area contributed by atoms with E-state index in [0.29, 0.717) is 12.1 Å². The first-order valence-corrected chi connectivity index (χ1v) is 7.02. The van der Waals surface area contributed by atoms with Crippen molar-refractivity contribution in [2.24, 2.45) is 13.0 Å². The van der Waals surface area contributed by atoms with Crippen LogP contribution in [0.5, 0.6) is 0 Å². The third kappa shape index (κ3) is 2.41. The number of aliphatic hydroxyl groups is 1. The van der Waals surface area contributed by atoms with Crippen LogP contribution in [0.3, 0.4) is 0 Å². The fourth-order valence-electron chi connectivity index (χ4n) is 2.86. The van der Waals surface area contributed by atoms with Gasteiger partial charge in [-0.25, -0.2) is 4.98 Å². The van der Waals surface area contributed by atoms with Gasteiger partial charge in [-0.2, -0.15) is 0 Å². The molecule has 2 N–H and O–H groups in total. The third-order valence-corrected chi connectivity index (χ3v) is 4.13. The van der Waals surface area contributed by atoms with E-state index in [1.165, 1.54) is 0 Å². The topological polar surface area (TPSA) is 67.2 Å². The standard InChI is InChI=1S/C15H19N3O2/c1-18-9-17-12-7-10(5-6-13(12)18)15(20)16-8-11-3-2-4-14(11)19/h5-7,9,11,14,19H,2-4,8H2,1H3,(H,16,20)/t11-,14+/m1/s1. The highest BCUT2D eigenvalue weighted by Crippen LogP contribution is 2.24. The Hall–Kier alpha value is -1.88. The summed E-state index contributed by atoms with van der Waals surface area (Å²) in [6, 6.07) is 5.52. The number of fused-ring (bicyclic) bond motifs is 1. The molecule has 2 atom stereocenters. The maximum Gasteiger partial charge on any atom is 0.251 e. The molecule has 1 fully saturated rings. The normalized spacial score (nSPS) is 22.3. The van der Waals surface area contributed by atoms with Crippen LogP contribution in [0, 0.1) is 5.92 Å². The van der Waals surface area contributed by atoms with E-state index >= 15 is 0 Å². The number of amides is 1. The molecule has 20 heavy (non-hydrogen) atoms. The van der Waals surface area contributed by atoms with Crippen LogP contribution < -0.4 is 5.32 Å². The number of carbonyl (C=O) groups excluding carboxylic acids is 1. The molecule has 5 heteroatoms. The molecule has 0 saturated heterocycles. The molecular weight excluding hydrogens is 254 g/mol. The number of hydrogen-bond donors (Lipinski definition) is 2. The predicted octanol–water partition coefficient (Wildman–Crippen LogP) is 1.46. The molecule has 0 aliphatic heterocycles. The molecule has 0 unspecified atom stereocenters. The van der Waals surface area contributed by atoms with Gasteiger partial charge in [-0.15, -0.1) is 0 Å². The molecule has 2 aromatic rings. The second kappa shape index (κ2) is 5.25. The largest absolute Gasteiger partial charge is 0.393 e. The minimum absolute atomic E-state index is 0.100. The average Bonchev–Trinajstić information content (AvgIpc) is 3.02. The van der Waals surface area contributed by atoms with Gasteiger partial charge in [0, 0.05) is 25.1 Å². The molecular formula is C15H19N3O2. The zero-order chi connectivity index (χ0) is 14.1. The van der Waals surface area contributed by atoms with Crippen molar-refractivity contribution in [2.75, 3.05) is 6.54 Å². The van der Waals surface area contributed by atoms with Gasteiger partial charge in [-0.3, -0.25) is 4.79 Å². The molecule has 1 amide bonds. The zero-order valence-corrected chi connectivity index (χ0v) is 11.5. The van der Waals surface area contributed by atoms with Crippen molar-refractivity contribution >= 4 is 16.9 Å². The maximum atomic E-state index is 12.1. The Morgan fingerprint density at radius 2 is 2.35 bits per heavy atom. The van der Waals surface area contributed by atoms with Crippen molar-refractivity contribution in [3.05, 3.63) is 30.1 Å². The van der Waals surface area contributed by atoms with Crippen molar-refractivity contribution in [1.82, 2.24) is 14.9 Å². The van der Waals surface area contributed by atoms with Crippen LogP contribution in [0.15, 0.2) is 24.5 Å². The van der Waals surface area contributed by atoms with Crippen molar-refractivity contribution < 1.29 is 9.90 Å². The fourth-order valence-corrected chi connectivity index (χ4v) is 2.86. The van der Waals surface area contributed by atoms with E-state index in [1.807, 2.05) is 23.7 Å². The number of aliphatic hydroxyl groups excluding tert-OH is 1. The van der Waals surface area contributed by atoms with Crippen LogP contribution in [0.4, 0.5) is 0 Å². The molecule has 1 aromatic carbocycles. The first-order chi connectivity index (χ1) is 9.65. The molecule has 1 aromatic heterocycles. The van der Waals surface area contributed by atoms with Crippen molar-refractivity contribution in [3.8, 4) is 0 Å². The molecule has 0 bridgehead atoms. The Kier molecular flexibility index (Phi) is 3.44. The van der Waals surface area contributed by atoms with Crippen LogP contribution in [-0.4, -0.2) is 33.2 Å². The summed E-state index contributed by atoms with van der Waals surface area (Å²) in [4.78, 5) is 16.4. The number of aryl methyl sites for hydroxylation is 1. The highest BCUT2D eigenvalue weighted by Gasteiger charge is 2.25. The van der Waals surface area contributed by atoms with E-state index in [1.54, 1.807) is 12.4 Å². The third-order valence-electron chi connectivity index (χ3n) is 4.13. The highest BCUT2D eigenvalue weighted by molar-refractivity contribution is 5.97. The molecule has 5 nitrogen and oxygen atoms in total. The number of imidazole rings is 1. The molecule has 106 valence electrons. The Bertz CT molecular complexity index is 635. The number of rotatable bonds is 3. The van der Waals surface area contributed by atoms with Crippen molar-refractivity contribution in [2.45, 2.75) is 25.4 Å². The van der Waals surface area contributed by atoms with Gasteiger partial charge >= 0.3 is 0 Å². The average molecular weight is 273 g/mol. The lowest BCUT2D eigenvalue weighted by atomic mass is 10.1. The molecule has 0 radical (unpaired) electrons. The van der Waals surface area contributed by atoms with Crippen LogP contribution in [-0.2, 0) is 7.05 Å². The summed E-state index contributed by atoms with van der Waals surface area (Å²) in [5, 5.41) is 12.7. The van der Waals surface area contributed by atoms with Crippen molar-refractivity contribution in [1.29, 1.82) is 0 Å². The second-order valence-corrected chi connectivity index (χ2v) is 5.53. The SMILES string of the molecule is Cn1cnc2cc(C(=O)NC[C@H]3CCC[C@@H]3O)ccc21. The minimum atomic E-state index is -0.270. The summed E-state index contributed by atoms with van der Waals surface area (Å²) in [6.45, 7) is 0.542. The first kappa shape index (κ1) is 13.1. The molecule has 1 aliphatic carbocycles. The van der Waals surface area contributed by atoms with Crippen LogP contribution in [0.1, 0.15) is 29.6 Å². The molecule has 0 spiro atoms. The van der Waals surface area contributed by atoms with Crippen LogP contribution in [0.25, 0.3) is 11.0 Å². The van der Waals surface area contributed by atoms with Gasteiger partial charge in [-0.1, -0.05) is 6.42 Å². The van der Waals surface area contributed by atoms with Gasteiger partial charge in [0.25, 0.3) is 5.91 Å². The quantitative estimate of drug-likeness (QED) is 0.889. The summed E-state index contributed by atoms with van der Waals surface area (Å²) in [5.74, 6) is 0.0918. The summed E-state index contributed by atoms with van der Waals surface area (Å²) in [6.07, 6.45) is 4.35. The summed E-state index contributed by atoms with van der Waals surface area (Å²) >= 11 is 0. The lowest BCUT2D eigenvalue weighted by Gasteiger charge is -2.15. The number of aromatic nitrogens is 2. The van der Waals surface area contributed by atoms with Crippen molar-refractivity contribution in [3.63, 3.8) is 0 Å². The Balaban J connectivity index is 1.69. The van der Waals surface area contributed by atoms with E-state index in [-0.39, 0.29) is 17.9 Å². The number of benzene rings is 1. The number of nitrogens with one attached hydrogen (secondary N) is 1. The highest BCUT2D eigenvalue weighted by atomic mass is 16.3. The van der Waals surface area contributed by atoms with Gasteiger partial charge in [0.2, 0.25) is 0 Å². The monoisotopic (exact) mass is 273 g/mol. The zero-order valence-electron chi connectivity index (χ0n) is 11.5. The van der Waals surface area contributed by atoms with E-state index in [0.717, 1.165) is 30.3 Å². The van der Waals surface area contributed by atoms with Crippen LogP contribution >= 0.6 is 0 Å². The van der Waals surface area contributed by atoms with Gasteiger partial charge in [-0.05, 0) is 31.0 Å². The van der Waals surface area contributed by atoms with E-state index in [2.05, 4.69) is 10.3 Å². The minimum Gasteiger partial charge on any atom is -0.393 e. The van der Waals surface area contributed by atoms with E-state index in [4.69, 9.17) is 0 Å². The lowest BCUT2D eigenvalue weighted by Crippen LogP contribution is -2.32. The van der Waals surface area contributed by atoms with Gasteiger partial charge < -0.3 is 15.0 Å². The summed E-state index contributed by atoms with van der Waals surface area (Å²) in [7, 11) is 1.93. The molecule has 1 aliphatic rings. The number of carbonyl (C=O) groups is 1. The molecule has 3 rings (SSSR count). The van der Waals surface area contributed by atoms with E-state index < -0.39 is 0 Å². The second-order valence-electron chi connectivity index (χ2n) is 5.53. The van der Waals surface area contributed by atoms with Crippen LogP contribution in [0.2, 0.25) is 0 Å². The predicted molar refractivity (Wildman–Crippen MR) is 76.4 cm³/mol. The number of hydrogen-bond acceptors (Lipinski definition) is 3. The Labute approximate surface area is 117 Å². The smallest absolute Gasteiger partial charge is 0.251 e. The Morgan fingerprint density at radius 1 is 1.50 bits per heavy atom. The first-order valence-electron chi connectivity index (χ1n) is 7.02. The van der Waals surface area contributed by atoms with E-state index in [9.17, 15) is 9.90 Å². The summed E-state index contributed by atoms with van der Waals surface area (Å²) < 4.78 is 1.92. The fraction of sp³-hybridized carbons (Fsp3) is 0.467. The lowest BCUT2D eigenvalue weighted by molar-refractivity contribution is 0.0917. The Morgan fingerprint density at radius 3 is 3.10 bits per heavy atom. The summed E-state index contributed by atoms with van der Waals surface area (Å²) in [5.41, 5.74) is 2.44.